The third-order valence-electron chi connectivity index (χ3n) is 4.66. The van der Waals surface area contributed by atoms with E-state index in [-0.39, 0.29) is 6.42 Å². The van der Waals surface area contributed by atoms with E-state index in [0.29, 0.717) is 11.4 Å². The van der Waals surface area contributed by atoms with Gasteiger partial charge in [-0.3, -0.25) is 9.52 Å². The summed E-state index contributed by atoms with van der Waals surface area (Å²) in [5, 5.41) is 15.8. The minimum Gasteiger partial charge on any atom is -0.358 e. The van der Waals surface area contributed by atoms with Crippen LogP contribution in [0.15, 0.2) is 72.0 Å². The second-order valence-corrected chi connectivity index (χ2v) is 9.00. The zero-order valence-electron chi connectivity index (χ0n) is 17.8. The summed E-state index contributed by atoms with van der Waals surface area (Å²) in [4.78, 5) is 17.0. The number of hydrogen-bond acceptors (Lipinski definition) is 8. The Labute approximate surface area is 192 Å². The van der Waals surface area contributed by atoms with Gasteiger partial charge in [-0.1, -0.05) is 42.5 Å². The van der Waals surface area contributed by atoms with Crippen LogP contribution in [0.25, 0.3) is 11.1 Å². The molecule has 0 bridgehead atoms. The highest BCUT2D eigenvalue weighted by atomic mass is 32.2. The topological polar surface area (TPSA) is 150 Å². The normalized spacial score (nSPS) is 12.1. The predicted octanol–water partition coefficient (Wildman–Crippen LogP) is 2.01. The molecule has 3 rings (SSSR count). The van der Waals surface area contributed by atoms with Crippen LogP contribution >= 0.6 is 0 Å². The molecular weight excluding hydrogens is 440 g/mol. The van der Waals surface area contributed by atoms with Crippen LogP contribution in [0, 0.1) is 11.3 Å². The number of anilines is 1. The Bertz CT molecular complexity index is 1310. The molecule has 0 fully saturated rings. The number of amides is 1. The van der Waals surface area contributed by atoms with E-state index in [9.17, 15) is 18.5 Å². The maximum atomic E-state index is 12.7. The van der Waals surface area contributed by atoms with Crippen molar-refractivity contribution in [2.75, 3.05) is 11.6 Å². The van der Waals surface area contributed by atoms with Crippen LogP contribution in [0.1, 0.15) is 16.7 Å². The van der Waals surface area contributed by atoms with E-state index in [1.807, 2.05) is 22.9 Å². The number of nitrogens with zero attached hydrogens (tertiary/aromatic N) is 3. The molecule has 1 aromatic heterocycles. The number of aromatic nitrogens is 1. The number of carbonyl (C=O) groups is 1. The number of nitriles is 1. The van der Waals surface area contributed by atoms with Crippen LogP contribution < -0.4 is 15.9 Å². The molecule has 3 aromatic rings. The fourth-order valence-electron chi connectivity index (χ4n) is 3.23. The third kappa shape index (κ3) is 6.62. The van der Waals surface area contributed by atoms with Gasteiger partial charge in [-0.05, 0) is 29.3 Å². The lowest BCUT2D eigenvalue weighted by Gasteiger charge is -2.19. The van der Waals surface area contributed by atoms with Gasteiger partial charge in [0.25, 0.3) is 5.91 Å². The molecule has 0 aliphatic carbocycles. The number of hydrazone groups is 1. The Balaban J connectivity index is 1.86. The van der Waals surface area contributed by atoms with Crippen LogP contribution in [0.3, 0.4) is 0 Å². The smallest absolute Gasteiger partial charge is 0.256 e. The molecule has 10 heteroatoms. The molecule has 33 heavy (non-hydrogen) atoms. The molecule has 0 unspecified atom stereocenters. The SMILES string of the molecule is CS(=O)(=O)NC(=O)[C@H](Cc1cccc(C=NN)c1)Nc1ccc(-c2ccccc2C#N)cn1. The van der Waals surface area contributed by atoms with Crippen molar-refractivity contribution < 1.29 is 13.2 Å². The molecule has 1 heterocycles. The molecule has 2 aromatic carbocycles. The van der Waals surface area contributed by atoms with Crippen molar-refractivity contribution in [3.05, 3.63) is 83.6 Å². The summed E-state index contributed by atoms with van der Waals surface area (Å²) >= 11 is 0. The van der Waals surface area contributed by atoms with Gasteiger partial charge in [0, 0.05) is 23.7 Å². The van der Waals surface area contributed by atoms with Gasteiger partial charge in [-0.25, -0.2) is 13.4 Å². The molecule has 1 atom stereocenters. The van der Waals surface area contributed by atoms with Gasteiger partial charge in [-0.15, -0.1) is 0 Å². The van der Waals surface area contributed by atoms with E-state index in [2.05, 4.69) is 21.5 Å². The number of rotatable bonds is 8. The van der Waals surface area contributed by atoms with Gasteiger partial charge in [0.15, 0.2) is 0 Å². The molecule has 0 saturated heterocycles. The molecular formula is C23H22N6O3S. The minimum atomic E-state index is -3.75. The molecule has 0 radical (unpaired) electrons. The fraction of sp³-hybridized carbons (Fsp3) is 0.130. The molecule has 4 N–H and O–H groups in total. The first-order valence-electron chi connectivity index (χ1n) is 9.85. The number of sulfonamides is 1. The van der Waals surface area contributed by atoms with Gasteiger partial charge in [-0.2, -0.15) is 10.4 Å². The Morgan fingerprint density at radius 1 is 1.21 bits per heavy atom. The van der Waals surface area contributed by atoms with Crippen molar-refractivity contribution in [2.24, 2.45) is 10.9 Å². The van der Waals surface area contributed by atoms with Crippen molar-refractivity contribution in [1.29, 1.82) is 5.26 Å². The van der Waals surface area contributed by atoms with E-state index in [0.717, 1.165) is 28.5 Å². The zero-order chi connectivity index (χ0) is 23.8. The maximum Gasteiger partial charge on any atom is 0.256 e. The second kappa shape index (κ2) is 10.4. The highest BCUT2D eigenvalue weighted by Gasteiger charge is 2.22. The second-order valence-electron chi connectivity index (χ2n) is 7.25. The quantitative estimate of drug-likeness (QED) is 0.263. The number of hydrogen-bond donors (Lipinski definition) is 3. The van der Waals surface area contributed by atoms with Gasteiger partial charge in [0.2, 0.25) is 10.0 Å². The third-order valence-corrected chi connectivity index (χ3v) is 5.23. The Morgan fingerprint density at radius 3 is 2.67 bits per heavy atom. The molecule has 0 aliphatic heterocycles. The highest BCUT2D eigenvalue weighted by Crippen LogP contribution is 2.23. The van der Waals surface area contributed by atoms with E-state index in [4.69, 9.17) is 5.84 Å². The van der Waals surface area contributed by atoms with Crippen molar-refractivity contribution in [1.82, 2.24) is 9.71 Å². The number of carbonyl (C=O) groups excluding carboxylic acids is 1. The van der Waals surface area contributed by atoms with Gasteiger partial charge >= 0.3 is 0 Å². The Kier molecular flexibility index (Phi) is 7.38. The fourth-order valence-corrected chi connectivity index (χ4v) is 3.74. The van der Waals surface area contributed by atoms with Crippen molar-refractivity contribution >= 4 is 28.0 Å². The highest BCUT2D eigenvalue weighted by molar-refractivity contribution is 7.89. The van der Waals surface area contributed by atoms with E-state index in [1.165, 1.54) is 6.21 Å². The Hall–Kier alpha value is -4.23. The van der Waals surface area contributed by atoms with Crippen molar-refractivity contribution in [3.8, 4) is 17.2 Å². The van der Waals surface area contributed by atoms with E-state index >= 15 is 0 Å². The first-order chi connectivity index (χ1) is 15.8. The number of nitrogens with two attached hydrogens (primary N) is 1. The monoisotopic (exact) mass is 462 g/mol. The average molecular weight is 463 g/mol. The largest absolute Gasteiger partial charge is 0.358 e. The lowest BCUT2D eigenvalue weighted by atomic mass is 10.0. The summed E-state index contributed by atoms with van der Waals surface area (Å²) in [6.45, 7) is 0. The van der Waals surface area contributed by atoms with E-state index in [1.54, 1.807) is 48.7 Å². The first-order valence-corrected chi connectivity index (χ1v) is 11.7. The lowest BCUT2D eigenvalue weighted by molar-refractivity contribution is -0.120. The lowest BCUT2D eigenvalue weighted by Crippen LogP contribution is -2.43. The summed E-state index contributed by atoms with van der Waals surface area (Å²) in [5.41, 5.74) is 3.52. The van der Waals surface area contributed by atoms with Crippen LogP contribution in [0.5, 0.6) is 0 Å². The molecule has 1 amide bonds. The molecule has 168 valence electrons. The van der Waals surface area contributed by atoms with Gasteiger partial charge in [0.1, 0.15) is 11.9 Å². The summed E-state index contributed by atoms with van der Waals surface area (Å²) in [5.74, 6) is 4.87. The summed E-state index contributed by atoms with van der Waals surface area (Å²) in [6.07, 6.45) is 4.17. The predicted molar refractivity (Wildman–Crippen MR) is 127 cm³/mol. The van der Waals surface area contributed by atoms with Crippen LogP contribution in [-0.4, -0.2) is 37.8 Å². The number of pyridine rings is 1. The summed E-state index contributed by atoms with van der Waals surface area (Å²) < 4.78 is 25.3. The Morgan fingerprint density at radius 2 is 2.00 bits per heavy atom. The van der Waals surface area contributed by atoms with Gasteiger partial charge < -0.3 is 11.2 Å². The molecule has 9 nitrogen and oxygen atoms in total. The first kappa shape index (κ1) is 23.4. The minimum absolute atomic E-state index is 0.189. The van der Waals surface area contributed by atoms with Crippen LogP contribution in [0.4, 0.5) is 5.82 Å². The average Bonchev–Trinajstić information content (AvgIpc) is 2.78. The maximum absolute atomic E-state index is 12.7. The summed E-state index contributed by atoms with van der Waals surface area (Å²) in [7, 11) is -3.75. The molecule has 0 spiro atoms. The van der Waals surface area contributed by atoms with Crippen molar-refractivity contribution in [3.63, 3.8) is 0 Å². The van der Waals surface area contributed by atoms with E-state index < -0.39 is 22.0 Å². The number of benzene rings is 2. The molecule has 0 aliphatic rings. The van der Waals surface area contributed by atoms with Crippen molar-refractivity contribution in [2.45, 2.75) is 12.5 Å². The van der Waals surface area contributed by atoms with Crippen LogP contribution in [-0.2, 0) is 21.2 Å². The standard InChI is InChI=1S/C23H22N6O3S/c1-33(31,32)29-23(30)21(12-16-5-4-6-17(11-16)14-27-25)28-22-10-9-19(15-26-22)20-8-3-2-7-18(20)13-24/h2-11,14-15,21H,12,25H2,1H3,(H,26,28)(H,29,30)/t21-/m0/s1. The van der Waals surface area contributed by atoms with Crippen LogP contribution in [0.2, 0.25) is 0 Å². The zero-order valence-corrected chi connectivity index (χ0v) is 18.6. The summed E-state index contributed by atoms with van der Waals surface area (Å²) in [6, 6.07) is 19.0. The molecule has 0 saturated carbocycles. The van der Waals surface area contributed by atoms with Gasteiger partial charge in [0.05, 0.1) is 24.1 Å². The number of nitrogens with one attached hydrogen (secondary N) is 2.